The number of hydrogen-bond acceptors (Lipinski definition) is 11. The van der Waals surface area contributed by atoms with Crippen LogP contribution in [0.1, 0.15) is 89.2 Å². The molecule has 3 fully saturated rings. The minimum Gasteiger partial charge on any atom is -0.491 e. The number of fused-ring (bicyclic) bond motifs is 5. The van der Waals surface area contributed by atoms with Crippen molar-refractivity contribution in [2.24, 2.45) is 17.3 Å². The standard InChI is InChI=1S/C49H51N5O7S2/c1-30(2)60-36-20-18-33(19-21-36)45-51-43-39-12-8-9-13-42(39)62-44(43)46(52-45)61-37-25-40-41(55)27-49(48(57)53-63(58,59)38-22-23-38)26-35(49)11-7-5-3-4-6-10-34(47(56)54(40)29-37)24-31-14-16-32(28-50)17-15-31/h7-9,11-21,30,34-35,37-38,40H,3-6,10,22-27,29H2,1-2H3,(H,53,57)/b11-7-/t34-,35-,37-,40+,49-/m1/s1. The maximum absolute atomic E-state index is 15.0. The highest BCUT2D eigenvalue weighted by Crippen LogP contribution is 2.57. The molecule has 0 spiro atoms. The SMILES string of the molecule is CC(C)Oc1ccc(-c2nc(O[C@@H]3C[C@H]4C(=O)C[C@]5(C(=O)NS(=O)(=O)C6CC6)C[C@H]5/C=C\CCCCC[C@H](Cc5ccc(C#N)cc5)C(=O)N4C3)c3sc4ccccc4c3n2)cc1. The van der Waals surface area contributed by atoms with Crippen LogP contribution in [0.2, 0.25) is 0 Å². The number of ketones is 1. The lowest BCUT2D eigenvalue weighted by atomic mass is 9.90. The third-order valence-electron chi connectivity index (χ3n) is 12.8. The van der Waals surface area contributed by atoms with Gasteiger partial charge in [-0.3, -0.25) is 19.1 Å². The van der Waals surface area contributed by atoms with Crippen LogP contribution in [0.5, 0.6) is 11.6 Å². The number of Topliss-reactive ketones (excluding diaryl/α,β-unsaturated/α-hetero) is 1. The van der Waals surface area contributed by atoms with Gasteiger partial charge in [0.2, 0.25) is 27.7 Å². The third kappa shape index (κ3) is 9.09. The van der Waals surface area contributed by atoms with Gasteiger partial charge in [-0.05, 0) is 113 Å². The van der Waals surface area contributed by atoms with E-state index in [4.69, 9.17) is 19.4 Å². The first-order valence-electron chi connectivity index (χ1n) is 22.1. The average Bonchev–Trinajstić information content (AvgIpc) is 4.17. The molecule has 0 bridgehead atoms. The number of carbonyl (C=O) groups excluding carboxylic acids is 3. The molecule has 2 aromatic heterocycles. The zero-order valence-electron chi connectivity index (χ0n) is 35.5. The molecule has 0 radical (unpaired) electrons. The van der Waals surface area contributed by atoms with Gasteiger partial charge in [0.05, 0.1) is 46.5 Å². The van der Waals surface area contributed by atoms with Crippen molar-refractivity contribution in [2.75, 3.05) is 6.54 Å². The lowest BCUT2D eigenvalue weighted by Crippen LogP contribution is -2.46. The fourth-order valence-electron chi connectivity index (χ4n) is 9.21. The van der Waals surface area contributed by atoms with E-state index in [2.05, 4.69) is 10.8 Å². The van der Waals surface area contributed by atoms with Crippen molar-refractivity contribution in [3.8, 4) is 29.1 Å². The highest BCUT2D eigenvalue weighted by Gasteiger charge is 2.61. The van der Waals surface area contributed by atoms with Crippen LogP contribution in [-0.4, -0.2) is 70.9 Å². The van der Waals surface area contributed by atoms with E-state index in [1.165, 1.54) is 11.3 Å². The number of thiophene rings is 1. The van der Waals surface area contributed by atoms with Gasteiger partial charge in [0.1, 0.15) is 16.6 Å². The number of nitrogens with zero attached hydrogens (tertiary/aromatic N) is 4. The fraction of sp³-hybridized carbons (Fsp3) is 0.429. The van der Waals surface area contributed by atoms with Crippen LogP contribution in [0.25, 0.3) is 31.7 Å². The largest absolute Gasteiger partial charge is 0.491 e. The number of hydrogen-bond donors (Lipinski definition) is 1. The predicted octanol–water partition coefficient (Wildman–Crippen LogP) is 8.47. The number of allylic oxidation sites excluding steroid dienone is 2. The Balaban J connectivity index is 1.07. The summed E-state index contributed by atoms with van der Waals surface area (Å²) in [5.41, 5.74) is 1.72. The molecule has 5 atom stereocenters. The Morgan fingerprint density at radius 3 is 2.52 bits per heavy atom. The van der Waals surface area contributed by atoms with E-state index in [-0.39, 0.29) is 43.1 Å². The van der Waals surface area contributed by atoms with Crippen molar-refractivity contribution in [3.05, 3.63) is 96.1 Å². The molecule has 1 N–H and O–H groups in total. The van der Waals surface area contributed by atoms with Crippen LogP contribution >= 0.6 is 11.3 Å². The van der Waals surface area contributed by atoms with Gasteiger partial charge in [-0.2, -0.15) is 10.2 Å². The number of benzene rings is 3. The van der Waals surface area contributed by atoms with Gasteiger partial charge in [0, 0.05) is 34.4 Å². The van der Waals surface area contributed by atoms with Crippen molar-refractivity contribution in [1.82, 2.24) is 19.6 Å². The summed E-state index contributed by atoms with van der Waals surface area (Å²) in [4.78, 5) is 55.6. The summed E-state index contributed by atoms with van der Waals surface area (Å²) in [7, 11) is -3.85. The van der Waals surface area contributed by atoms with Crippen molar-refractivity contribution in [3.63, 3.8) is 0 Å². The van der Waals surface area contributed by atoms with Crippen LogP contribution < -0.4 is 14.2 Å². The second-order valence-corrected chi connectivity index (χ2v) is 20.9. The first-order valence-corrected chi connectivity index (χ1v) is 24.4. The van der Waals surface area contributed by atoms with Gasteiger partial charge in [-0.15, -0.1) is 11.3 Å². The molecule has 4 heterocycles. The Morgan fingerprint density at radius 2 is 1.78 bits per heavy atom. The van der Waals surface area contributed by atoms with Gasteiger partial charge in [0.15, 0.2) is 11.6 Å². The van der Waals surface area contributed by atoms with Crippen molar-refractivity contribution in [1.29, 1.82) is 5.26 Å². The summed E-state index contributed by atoms with van der Waals surface area (Å²) in [6.07, 6.45) is 9.12. The van der Waals surface area contributed by atoms with Gasteiger partial charge < -0.3 is 14.4 Å². The number of nitrogens with one attached hydrogen (secondary N) is 1. The number of nitriles is 1. The van der Waals surface area contributed by atoms with Gasteiger partial charge in [-0.1, -0.05) is 55.3 Å². The molecule has 63 heavy (non-hydrogen) atoms. The normalized spacial score (nSPS) is 24.8. The topological polar surface area (TPSA) is 169 Å². The Morgan fingerprint density at radius 1 is 1.00 bits per heavy atom. The number of carbonyl (C=O) groups is 3. The van der Waals surface area contributed by atoms with Crippen LogP contribution in [0, 0.1) is 28.6 Å². The smallest absolute Gasteiger partial charge is 0.240 e. The predicted molar refractivity (Wildman–Crippen MR) is 241 cm³/mol. The highest BCUT2D eigenvalue weighted by atomic mass is 32.2. The van der Waals surface area contributed by atoms with E-state index in [0.29, 0.717) is 49.4 Å². The summed E-state index contributed by atoms with van der Waals surface area (Å²) >= 11 is 1.52. The van der Waals surface area contributed by atoms with Gasteiger partial charge >= 0.3 is 0 Å². The minimum atomic E-state index is -3.85. The summed E-state index contributed by atoms with van der Waals surface area (Å²) in [6, 6.07) is 24.1. The maximum atomic E-state index is 15.0. The van der Waals surface area contributed by atoms with Crippen LogP contribution in [0.15, 0.2) is 84.9 Å². The highest BCUT2D eigenvalue weighted by molar-refractivity contribution is 7.90. The average molecular weight is 886 g/mol. The van der Waals surface area contributed by atoms with Crippen LogP contribution in [0.4, 0.5) is 0 Å². The van der Waals surface area contributed by atoms with Gasteiger partial charge in [0.25, 0.3) is 0 Å². The maximum Gasteiger partial charge on any atom is 0.240 e. The molecule has 2 amide bonds. The number of aromatic nitrogens is 2. The number of rotatable bonds is 10. The van der Waals surface area contributed by atoms with E-state index < -0.39 is 44.7 Å². The van der Waals surface area contributed by atoms with Crippen LogP contribution in [0.3, 0.4) is 0 Å². The minimum absolute atomic E-state index is 0.0139. The molecule has 9 rings (SSSR count). The summed E-state index contributed by atoms with van der Waals surface area (Å²) in [5, 5.41) is 9.79. The number of ether oxygens (including phenoxy) is 2. The Bertz CT molecular complexity index is 2740. The van der Waals surface area contributed by atoms with E-state index in [1.807, 2.05) is 86.7 Å². The Hall–Kier alpha value is -5.65. The Labute approximate surface area is 371 Å². The lowest BCUT2D eigenvalue weighted by Gasteiger charge is -2.29. The quantitative estimate of drug-likeness (QED) is 0.134. The van der Waals surface area contributed by atoms with E-state index in [0.717, 1.165) is 62.9 Å². The zero-order valence-corrected chi connectivity index (χ0v) is 37.1. The molecule has 2 aliphatic heterocycles. The molecule has 2 aliphatic carbocycles. The summed E-state index contributed by atoms with van der Waals surface area (Å²) in [6.45, 7) is 4.06. The molecular weight excluding hydrogens is 835 g/mol. The third-order valence-corrected chi connectivity index (χ3v) is 15.8. The second-order valence-electron chi connectivity index (χ2n) is 17.9. The van der Waals surface area contributed by atoms with Crippen molar-refractivity contribution in [2.45, 2.75) is 108 Å². The summed E-state index contributed by atoms with van der Waals surface area (Å²) in [5.74, 6) is -0.317. The molecule has 4 aliphatic rings. The number of amides is 2. The molecule has 5 aromatic rings. The van der Waals surface area contributed by atoms with E-state index >= 15 is 4.79 Å². The lowest BCUT2D eigenvalue weighted by molar-refractivity contribution is -0.142. The monoisotopic (exact) mass is 885 g/mol. The zero-order chi connectivity index (χ0) is 43.9. The number of sulfonamides is 1. The van der Waals surface area contributed by atoms with Crippen molar-refractivity contribution < 1.29 is 32.3 Å². The molecule has 0 unspecified atom stereocenters. The summed E-state index contributed by atoms with van der Waals surface area (Å²) < 4.78 is 42.9. The molecule has 1 saturated heterocycles. The molecule has 2 saturated carbocycles. The second kappa shape index (κ2) is 17.5. The van der Waals surface area contributed by atoms with Crippen LogP contribution in [-0.2, 0) is 30.8 Å². The Kier molecular flexibility index (Phi) is 11.8. The van der Waals surface area contributed by atoms with E-state index in [1.54, 1.807) is 17.0 Å². The molecule has 14 heteroatoms. The van der Waals surface area contributed by atoms with Crippen molar-refractivity contribution >= 4 is 59.3 Å². The first-order chi connectivity index (χ1) is 30.4. The fourth-order valence-corrected chi connectivity index (χ4v) is 11.7. The molecule has 3 aromatic carbocycles. The first kappa shape index (κ1) is 42.6. The molecule has 12 nitrogen and oxygen atoms in total. The van der Waals surface area contributed by atoms with E-state index in [9.17, 15) is 23.3 Å². The van der Waals surface area contributed by atoms with Gasteiger partial charge in [-0.25, -0.2) is 13.4 Å². The molecule has 326 valence electrons. The molecular formula is C49H51N5O7S2.